The number of aliphatic hydroxyl groups is 1. The van der Waals surface area contributed by atoms with E-state index in [0.717, 1.165) is 58.7 Å². The fourth-order valence-corrected chi connectivity index (χ4v) is 3.44. The van der Waals surface area contributed by atoms with Gasteiger partial charge in [0.05, 0.1) is 12.2 Å². The third-order valence-electron chi connectivity index (χ3n) is 4.70. The van der Waals surface area contributed by atoms with Gasteiger partial charge in [0, 0.05) is 45.9 Å². The smallest absolute Gasteiger partial charge is 0.0700 e. The van der Waals surface area contributed by atoms with E-state index in [1.54, 1.807) is 7.11 Å². The van der Waals surface area contributed by atoms with Gasteiger partial charge in [-0.3, -0.25) is 0 Å². The number of hydrogen-bond donors (Lipinski definition) is 1. The molecule has 0 bridgehead atoms. The summed E-state index contributed by atoms with van der Waals surface area (Å²) in [5.74, 6) is 0.489. The molecule has 1 N–H and O–H groups in total. The lowest BCUT2D eigenvalue weighted by Crippen LogP contribution is -2.53. The maximum atomic E-state index is 10.6. The summed E-state index contributed by atoms with van der Waals surface area (Å²) < 4.78 is 10.6. The highest BCUT2D eigenvalue weighted by Gasteiger charge is 2.42. The molecule has 1 saturated carbocycles. The Bertz CT molecular complexity index is 262. The van der Waals surface area contributed by atoms with E-state index in [2.05, 4.69) is 4.90 Å². The van der Waals surface area contributed by atoms with Gasteiger partial charge in [-0.05, 0) is 25.7 Å². The molecule has 1 aliphatic carbocycles. The average molecular weight is 271 g/mol. The first-order valence-corrected chi connectivity index (χ1v) is 7.76. The molecule has 4 heteroatoms. The first kappa shape index (κ1) is 15.2. The van der Waals surface area contributed by atoms with E-state index >= 15 is 0 Å². The Morgan fingerprint density at radius 2 is 2.11 bits per heavy atom. The minimum absolute atomic E-state index is 0.353. The van der Waals surface area contributed by atoms with Crippen molar-refractivity contribution in [3.8, 4) is 0 Å². The summed E-state index contributed by atoms with van der Waals surface area (Å²) in [6.45, 7) is 5.44. The van der Waals surface area contributed by atoms with E-state index in [0.29, 0.717) is 5.92 Å². The second-order valence-corrected chi connectivity index (χ2v) is 6.06. The SMILES string of the molecule is COCCCOCCN1CCC2(O)CCCCC2C1. The van der Waals surface area contributed by atoms with Crippen molar-refractivity contribution in [2.24, 2.45) is 5.92 Å². The van der Waals surface area contributed by atoms with Crippen LogP contribution in [0.15, 0.2) is 0 Å². The van der Waals surface area contributed by atoms with Crippen molar-refractivity contribution in [1.82, 2.24) is 4.90 Å². The Labute approximate surface area is 117 Å². The lowest BCUT2D eigenvalue weighted by atomic mass is 9.71. The highest BCUT2D eigenvalue weighted by atomic mass is 16.5. The van der Waals surface area contributed by atoms with Gasteiger partial charge in [-0.15, -0.1) is 0 Å². The number of rotatable bonds is 7. The van der Waals surface area contributed by atoms with Gasteiger partial charge in [0.15, 0.2) is 0 Å². The largest absolute Gasteiger partial charge is 0.390 e. The number of fused-ring (bicyclic) bond motifs is 1. The highest BCUT2D eigenvalue weighted by Crippen LogP contribution is 2.39. The molecule has 2 fully saturated rings. The molecule has 2 aliphatic rings. The number of piperidine rings is 1. The predicted molar refractivity (Wildman–Crippen MR) is 75.3 cm³/mol. The quantitative estimate of drug-likeness (QED) is 0.715. The molecule has 0 spiro atoms. The molecule has 0 aromatic heterocycles. The molecular weight excluding hydrogens is 242 g/mol. The van der Waals surface area contributed by atoms with Crippen LogP contribution in [0.1, 0.15) is 38.5 Å². The summed E-state index contributed by atoms with van der Waals surface area (Å²) in [4.78, 5) is 2.46. The molecule has 1 heterocycles. The van der Waals surface area contributed by atoms with Crippen LogP contribution < -0.4 is 0 Å². The lowest BCUT2D eigenvalue weighted by molar-refractivity contribution is -0.0978. The van der Waals surface area contributed by atoms with Crippen molar-refractivity contribution in [1.29, 1.82) is 0 Å². The number of ether oxygens (including phenoxy) is 2. The van der Waals surface area contributed by atoms with Crippen LogP contribution in [0.3, 0.4) is 0 Å². The molecule has 1 aliphatic heterocycles. The van der Waals surface area contributed by atoms with E-state index in [4.69, 9.17) is 9.47 Å². The van der Waals surface area contributed by atoms with Crippen LogP contribution in [0.2, 0.25) is 0 Å². The number of methoxy groups -OCH3 is 1. The van der Waals surface area contributed by atoms with Crippen LogP contribution in [0.25, 0.3) is 0 Å². The topological polar surface area (TPSA) is 41.9 Å². The minimum Gasteiger partial charge on any atom is -0.390 e. The summed E-state index contributed by atoms with van der Waals surface area (Å²) in [6, 6.07) is 0. The Morgan fingerprint density at radius 1 is 1.21 bits per heavy atom. The summed E-state index contributed by atoms with van der Waals surface area (Å²) in [5, 5.41) is 10.6. The van der Waals surface area contributed by atoms with E-state index in [1.165, 1.54) is 19.3 Å². The van der Waals surface area contributed by atoms with Crippen LogP contribution in [0, 0.1) is 5.92 Å². The van der Waals surface area contributed by atoms with Crippen molar-refractivity contribution in [3.63, 3.8) is 0 Å². The zero-order chi connectivity index (χ0) is 13.6. The third-order valence-corrected chi connectivity index (χ3v) is 4.70. The van der Waals surface area contributed by atoms with Crippen LogP contribution in [0.4, 0.5) is 0 Å². The summed E-state index contributed by atoms with van der Waals surface area (Å²) in [5.41, 5.74) is -0.353. The van der Waals surface area contributed by atoms with Crippen LogP contribution in [-0.4, -0.2) is 62.2 Å². The molecule has 19 heavy (non-hydrogen) atoms. The van der Waals surface area contributed by atoms with E-state index in [1.807, 2.05) is 0 Å². The molecule has 2 rings (SSSR count). The summed E-state index contributed by atoms with van der Waals surface area (Å²) >= 11 is 0. The molecule has 112 valence electrons. The molecule has 1 saturated heterocycles. The summed E-state index contributed by atoms with van der Waals surface area (Å²) in [7, 11) is 1.72. The first-order valence-electron chi connectivity index (χ1n) is 7.76. The van der Waals surface area contributed by atoms with Crippen molar-refractivity contribution in [2.45, 2.75) is 44.1 Å². The van der Waals surface area contributed by atoms with Crippen LogP contribution in [-0.2, 0) is 9.47 Å². The maximum absolute atomic E-state index is 10.6. The molecule has 2 unspecified atom stereocenters. The van der Waals surface area contributed by atoms with Gasteiger partial charge in [-0.1, -0.05) is 12.8 Å². The lowest BCUT2D eigenvalue weighted by Gasteiger charge is -2.47. The second-order valence-electron chi connectivity index (χ2n) is 6.06. The molecule has 2 atom stereocenters. The fourth-order valence-electron chi connectivity index (χ4n) is 3.44. The van der Waals surface area contributed by atoms with Crippen molar-refractivity contribution in [2.75, 3.05) is 46.6 Å². The van der Waals surface area contributed by atoms with Crippen LogP contribution >= 0.6 is 0 Å². The highest BCUT2D eigenvalue weighted by molar-refractivity contribution is 4.95. The molecule has 0 aromatic carbocycles. The molecular formula is C15H29NO3. The first-order chi connectivity index (χ1) is 9.24. The Kier molecular flexibility index (Phi) is 6.07. The van der Waals surface area contributed by atoms with Crippen molar-refractivity contribution in [3.05, 3.63) is 0 Å². The van der Waals surface area contributed by atoms with E-state index in [9.17, 15) is 5.11 Å². The number of hydrogen-bond acceptors (Lipinski definition) is 4. The second kappa shape index (κ2) is 7.58. The van der Waals surface area contributed by atoms with Gasteiger partial charge >= 0.3 is 0 Å². The minimum atomic E-state index is -0.353. The third kappa shape index (κ3) is 4.42. The number of nitrogens with zero attached hydrogens (tertiary/aromatic N) is 1. The normalized spacial score (nSPS) is 32.2. The average Bonchev–Trinajstić information content (AvgIpc) is 2.42. The van der Waals surface area contributed by atoms with Gasteiger partial charge < -0.3 is 19.5 Å². The fraction of sp³-hybridized carbons (Fsp3) is 1.00. The maximum Gasteiger partial charge on any atom is 0.0700 e. The van der Waals surface area contributed by atoms with E-state index in [-0.39, 0.29) is 5.60 Å². The van der Waals surface area contributed by atoms with Crippen molar-refractivity contribution < 1.29 is 14.6 Å². The van der Waals surface area contributed by atoms with Gasteiger partial charge in [-0.2, -0.15) is 0 Å². The molecule has 4 nitrogen and oxygen atoms in total. The Hall–Kier alpha value is -0.160. The summed E-state index contributed by atoms with van der Waals surface area (Å²) in [6.07, 6.45) is 6.62. The molecule has 0 amide bonds. The zero-order valence-electron chi connectivity index (χ0n) is 12.3. The van der Waals surface area contributed by atoms with Crippen molar-refractivity contribution >= 4 is 0 Å². The zero-order valence-corrected chi connectivity index (χ0v) is 12.3. The van der Waals surface area contributed by atoms with Gasteiger partial charge in [0.2, 0.25) is 0 Å². The van der Waals surface area contributed by atoms with Gasteiger partial charge in [-0.25, -0.2) is 0 Å². The monoisotopic (exact) mass is 271 g/mol. The van der Waals surface area contributed by atoms with E-state index < -0.39 is 0 Å². The standard InChI is InChI=1S/C15H29NO3/c1-18-10-4-11-19-12-9-16-8-7-15(17)6-3-2-5-14(15)13-16/h14,17H,2-13H2,1H3. The number of likely N-dealkylation sites (tertiary alicyclic amines) is 1. The predicted octanol–water partition coefficient (Wildman–Crippen LogP) is 1.67. The molecule has 0 aromatic rings. The molecule has 0 radical (unpaired) electrons. The van der Waals surface area contributed by atoms with Gasteiger partial charge in [0.25, 0.3) is 0 Å². The van der Waals surface area contributed by atoms with Crippen LogP contribution in [0.5, 0.6) is 0 Å². The van der Waals surface area contributed by atoms with Gasteiger partial charge in [0.1, 0.15) is 0 Å². The Balaban J connectivity index is 1.61. The Morgan fingerprint density at radius 3 is 2.95 bits per heavy atom.